The summed E-state index contributed by atoms with van der Waals surface area (Å²) in [6.45, 7) is 3.95. The molecule has 0 aliphatic rings. The van der Waals surface area contributed by atoms with Gasteiger partial charge in [-0.15, -0.1) is 0 Å². The Morgan fingerprint density at radius 3 is 1.72 bits per heavy atom. The summed E-state index contributed by atoms with van der Waals surface area (Å²) in [4.78, 5) is 35.3. The molecule has 0 amide bonds. The minimum absolute atomic E-state index is 0.0208. The summed E-state index contributed by atoms with van der Waals surface area (Å²) in [5.74, 6) is -1.08. The monoisotopic (exact) mass is 837 g/mol. The van der Waals surface area contributed by atoms with Gasteiger partial charge in [0.2, 0.25) is 0 Å². The number of esters is 2. The normalized spacial score (nSPS) is 15.5. The van der Waals surface area contributed by atoms with Crippen molar-refractivity contribution in [2.75, 3.05) is 47.5 Å². The van der Waals surface area contributed by atoms with E-state index in [0.717, 1.165) is 57.8 Å². The molecule has 4 atom stereocenters. The van der Waals surface area contributed by atoms with Crippen molar-refractivity contribution in [1.29, 1.82) is 0 Å². The van der Waals surface area contributed by atoms with Crippen molar-refractivity contribution in [3.8, 4) is 0 Å². The van der Waals surface area contributed by atoms with Gasteiger partial charge in [-0.1, -0.05) is 131 Å². The molecule has 0 radical (unpaired) electrons. The van der Waals surface area contributed by atoms with Crippen molar-refractivity contribution in [3.05, 3.63) is 85.1 Å². The molecule has 3 N–H and O–H groups in total. The standard InChI is InChI=1S/C46H78NO10P/c1-6-8-10-11-12-13-14-15-16-17-18-19-23-26-30-36-45(50)54-40-44(41-56-58(52,53)55-39-38-47(3,4)5)57-46(51)37-31-35-43(49)34-29-25-22-20-21-24-28-33-42(48)32-27-9-7-2/h12-13,15-16,18-19,21-22,24-25,28-29,33-34,42-44,48-49H,6-11,14,17,20,23,26-27,30-32,35-41H2,1-5H3/p+1/b13-12-,16-15-,19-18-,24-21-,25-22-,33-28+,34-29+/t42-,43-,44-/m1/s1. The van der Waals surface area contributed by atoms with Crippen LogP contribution < -0.4 is 0 Å². The number of aliphatic hydroxyl groups excluding tert-OH is 2. The Bertz CT molecular complexity index is 1300. The maximum Gasteiger partial charge on any atom is 0.472 e. The van der Waals surface area contributed by atoms with Gasteiger partial charge in [0.05, 0.1) is 40.0 Å². The Labute approximate surface area is 351 Å². The highest BCUT2D eigenvalue weighted by Crippen LogP contribution is 2.43. The van der Waals surface area contributed by atoms with Crippen LogP contribution in [0.15, 0.2) is 85.1 Å². The first-order chi connectivity index (χ1) is 27.8. The molecule has 0 aliphatic carbocycles. The Morgan fingerprint density at radius 1 is 0.621 bits per heavy atom. The number of aliphatic hydroxyl groups is 2. The molecular formula is C46H79NO10P+. The molecule has 332 valence electrons. The number of nitrogens with zero attached hydrogens (tertiary/aromatic N) is 1. The molecule has 0 aliphatic heterocycles. The van der Waals surface area contributed by atoms with Crippen molar-refractivity contribution in [2.45, 2.75) is 148 Å². The predicted molar refractivity (Wildman–Crippen MR) is 236 cm³/mol. The smallest absolute Gasteiger partial charge is 0.462 e. The average molecular weight is 837 g/mol. The third kappa shape index (κ3) is 39.9. The molecule has 0 aromatic rings. The lowest BCUT2D eigenvalue weighted by atomic mass is 10.1. The molecular weight excluding hydrogens is 757 g/mol. The number of rotatable bonds is 37. The number of likely N-dealkylation sites (N-methyl/N-ethyl adjacent to an activating group) is 1. The van der Waals surface area contributed by atoms with Crippen LogP contribution in [-0.4, -0.2) is 97.3 Å². The fourth-order valence-corrected chi connectivity index (χ4v) is 5.86. The lowest BCUT2D eigenvalue weighted by molar-refractivity contribution is -0.870. The summed E-state index contributed by atoms with van der Waals surface area (Å²) >= 11 is 0. The van der Waals surface area contributed by atoms with E-state index in [-0.39, 0.29) is 26.1 Å². The van der Waals surface area contributed by atoms with Gasteiger partial charge in [-0.05, 0) is 70.6 Å². The molecule has 0 saturated carbocycles. The summed E-state index contributed by atoms with van der Waals surface area (Å²) in [6.07, 6.45) is 39.9. The highest BCUT2D eigenvalue weighted by atomic mass is 31.2. The van der Waals surface area contributed by atoms with E-state index < -0.39 is 44.7 Å². The number of hydrogen-bond acceptors (Lipinski definition) is 9. The fourth-order valence-electron chi connectivity index (χ4n) is 5.11. The minimum Gasteiger partial charge on any atom is -0.462 e. The van der Waals surface area contributed by atoms with Gasteiger partial charge in [0.25, 0.3) is 0 Å². The van der Waals surface area contributed by atoms with Crippen LogP contribution >= 0.6 is 7.82 Å². The van der Waals surface area contributed by atoms with Crippen LogP contribution in [-0.2, 0) is 32.7 Å². The summed E-state index contributed by atoms with van der Waals surface area (Å²) in [5.41, 5.74) is 0. The van der Waals surface area contributed by atoms with Crippen LogP contribution in [0.3, 0.4) is 0 Å². The number of phosphoric ester groups is 1. The van der Waals surface area contributed by atoms with Crippen molar-refractivity contribution >= 4 is 19.8 Å². The van der Waals surface area contributed by atoms with Crippen molar-refractivity contribution in [2.24, 2.45) is 0 Å². The molecule has 0 spiro atoms. The van der Waals surface area contributed by atoms with E-state index in [1.807, 2.05) is 51.5 Å². The Balaban J connectivity index is 4.71. The second-order valence-electron chi connectivity index (χ2n) is 15.4. The van der Waals surface area contributed by atoms with Crippen LogP contribution in [0, 0.1) is 0 Å². The first-order valence-corrected chi connectivity index (χ1v) is 23.0. The maximum absolute atomic E-state index is 12.7. The second kappa shape index (κ2) is 37.1. The summed E-state index contributed by atoms with van der Waals surface area (Å²) in [7, 11) is 1.29. The maximum atomic E-state index is 12.7. The Kier molecular flexibility index (Phi) is 35.3. The Morgan fingerprint density at radius 2 is 1.14 bits per heavy atom. The number of carbonyl (C=O) groups excluding carboxylic acids is 2. The third-order valence-corrected chi connectivity index (χ3v) is 9.59. The molecule has 0 rings (SSSR count). The zero-order valence-electron chi connectivity index (χ0n) is 36.5. The molecule has 0 fully saturated rings. The van der Waals surface area contributed by atoms with Gasteiger partial charge in [0.15, 0.2) is 6.10 Å². The first kappa shape index (κ1) is 55.1. The van der Waals surface area contributed by atoms with Crippen LogP contribution in [0.4, 0.5) is 0 Å². The van der Waals surface area contributed by atoms with Gasteiger partial charge in [-0.25, -0.2) is 4.57 Å². The van der Waals surface area contributed by atoms with Crippen molar-refractivity contribution in [3.63, 3.8) is 0 Å². The largest absolute Gasteiger partial charge is 0.472 e. The summed E-state index contributed by atoms with van der Waals surface area (Å²) < 4.78 is 34.0. The SMILES string of the molecule is CCCCC/C=C\C/C=C\C/C=C\CCCCC(=O)OC[C@H](COP(=O)(O)OCC[N+](C)(C)C)OC(=O)CCC[C@H](O)/C=C/C=C\C/C=C\C=C\[C@H](O)CCCCC. The predicted octanol–water partition coefficient (Wildman–Crippen LogP) is 9.96. The number of quaternary nitrogens is 1. The van der Waals surface area contributed by atoms with E-state index in [1.54, 1.807) is 18.2 Å². The van der Waals surface area contributed by atoms with Crippen LogP contribution in [0.5, 0.6) is 0 Å². The molecule has 1 unspecified atom stereocenters. The molecule has 11 nitrogen and oxygen atoms in total. The van der Waals surface area contributed by atoms with Gasteiger partial charge < -0.3 is 29.1 Å². The molecule has 12 heteroatoms. The number of phosphoric acid groups is 1. The van der Waals surface area contributed by atoms with E-state index >= 15 is 0 Å². The van der Waals surface area contributed by atoms with Crippen molar-refractivity contribution in [1.82, 2.24) is 0 Å². The highest BCUT2D eigenvalue weighted by Gasteiger charge is 2.27. The minimum atomic E-state index is -4.45. The number of carbonyl (C=O) groups is 2. The van der Waals surface area contributed by atoms with Gasteiger partial charge in [-0.3, -0.25) is 18.6 Å². The van der Waals surface area contributed by atoms with E-state index in [2.05, 4.69) is 50.3 Å². The number of ether oxygens (including phenoxy) is 2. The van der Waals surface area contributed by atoms with Gasteiger partial charge in [0, 0.05) is 12.8 Å². The van der Waals surface area contributed by atoms with Crippen LogP contribution in [0.2, 0.25) is 0 Å². The van der Waals surface area contributed by atoms with Crippen LogP contribution in [0.1, 0.15) is 129 Å². The van der Waals surface area contributed by atoms with E-state index in [9.17, 15) is 29.3 Å². The van der Waals surface area contributed by atoms with E-state index in [4.69, 9.17) is 18.5 Å². The van der Waals surface area contributed by atoms with Crippen molar-refractivity contribution < 1.29 is 52.3 Å². The summed E-state index contributed by atoms with van der Waals surface area (Å²) in [5, 5.41) is 20.2. The van der Waals surface area contributed by atoms with Gasteiger partial charge >= 0.3 is 19.8 Å². The number of hydrogen-bond donors (Lipinski definition) is 3. The topological polar surface area (TPSA) is 149 Å². The van der Waals surface area contributed by atoms with E-state index in [0.29, 0.717) is 36.7 Å². The van der Waals surface area contributed by atoms with Crippen LogP contribution in [0.25, 0.3) is 0 Å². The average Bonchev–Trinajstić information content (AvgIpc) is 3.16. The molecule has 58 heavy (non-hydrogen) atoms. The fraction of sp³-hybridized carbons (Fsp3) is 0.652. The first-order valence-electron chi connectivity index (χ1n) is 21.5. The zero-order valence-corrected chi connectivity index (χ0v) is 37.4. The lowest BCUT2D eigenvalue weighted by Crippen LogP contribution is -2.37. The molecule has 0 aromatic carbocycles. The van der Waals surface area contributed by atoms with Gasteiger partial charge in [0.1, 0.15) is 19.8 Å². The zero-order chi connectivity index (χ0) is 43.2. The lowest BCUT2D eigenvalue weighted by Gasteiger charge is -2.24. The van der Waals surface area contributed by atoms with E-state index in [1.165, 1.54) is 19.3 Å². The highest BCUT2D eigenvalue weighted by molar-refractivity contribution is 7.47. The summed E-state index contributed by atoms with van der Waals surface area (Å²) in [6, 6.07) is 0. The second-order valence-corrected chi connectivity index (χ2v) is 16.9. The Hall–Kier alpha value is -2.89. The van der Waals surface area contributed by atoms with Gasteiger partial charge in [-0.2, -0.15) is 0 Å². The molecule has 0 saturated heterocycles. The number of allylic oxidation sites excluding steroid dienone is 12. The third-order valence-electron chi connectivity index (χ3n) is 8.61. The quantitative estimate of drug-likeness (QED) is 0.0138. The molecule has 0 heterocycles. The molecule has 0 aromatic heterocycles. The molecule has 0 bridgehead atoms. The number of unbranched alkanes of at least 4 members (excludes halogenated alkanes) is 7.